The van der Waals surface area contributed by atoms with Crippen molar-refractivity contribution in [3.8, 4) is 0 Å². The van der Waals surface area contributed by atoms with Gasteiger partial charge in [-0.1, -0.05) is 48.5 Å². The number of carboxylic acid groups (broad SMARTS) is 1. The molecule has 0 bridgehead atoms. The molecule has 1 aliphatic heterocycles. The quantitative estimate of drug-likeness (QED) is 0.273. The zero-order valence-corrected chi connectivity index (χ0v) is 23.3. The van der Waals surface area contributed by atoms with E-state index in [1.807, 2.05) is 30.3 Å². The highest BCUT2D eigenvalue weighted by atomic mass is 19.4. The van der Waals surface area contributed by atoms with Gasteiger partial charge in [-0.15, -0.1) is 0 Å². The maximum Gasteiger partial charge on any atom is 0.417 e. The average molecular weight is 576 g/mol. The molecule has 218 valence electrons. The smallest absolute Gasteiger partial charge is 0.417 e. The van der Waals surface area contributed by atoms with Crippen molar-refractivity contribution in [3.63, 3.8) is 0 Å². The van der Waals surface area contributed by atoms with Crippen molar-refractivity contribution in [2.45, 2.75) is 50.6 Å². The molecule has 3 nitrogen and oxygen atoms in total. The lowest BCUT2D eigenvalue weighted by Crippen LogP contribution is -2.40. The first kappa shape index (κ1) is 28.4. The third-order valence-electron chi connectivity index (χ3n) is 8.55. The van der Waals surface area contributed by atoms with Crippen LogP contribution in [-0.2, 0) is 12.6 Å². The highest BCUT2D eigenvalue weighted by Gasteiger charge is 2.37. The molecule has 42 heavy (non-hydrogen) atoms. The molecular formula is C35H33F4NO2. The van der Waals surface area contributed by atoms with Crippen molar-refractivity contribution < 1.29 is 27.5 Å². The minimum Gasteiger partial charge on any atom is -0.478 e. The van der Waals surface area contributed by atoms with Crippen molar-refractivity contribution in [2.75, 3.05) is 26.3 Å². The monoisotopic (exact) mass is 575 g/mol. The first-order chi connectivity index (χ1) is 20.2. The summed E-state index contributed by atoms with van der Waals surface area (Å²) >= 11 is 0. The van der Waals surface area contributed by atoms with Crippen LogP contribution >= 0.6 is 0 Å². The van der Waals surface area contributed by atoms with Gasteiger partial charge in [0.2, 0.25) is 0 Å². The van der Waals surface area contributed by atoms with Gasteiger partial charge >= 0.3 is 12.1 Å². The molecule has 1 saturated carbocycles. The van der Waals surface area contributed by atoms with Gasteiger partial charge in [-0.25, -0.2) is 4.79 Å². The predicted octanol–water partition coefficient (Wildman–Crippen LogP) is 8.64. The Kier molecular flexibility index (Phi) is 7.79. The Morgan fingerprint density at radius 3 is 2.36 bits per heavy atom. The fraction of sp³-hybridized carbons (Fsp3) is 0.343. The molecule has 0 radical (unpaired) electrons. The number of allylic oxidation sites excluding steroid dienone is 1. The van der Waals surface area contributed by atoms with Crippen molar-refractivity contribution in [2.24, 2.45) is 0 Å². The summed E-state index contributed by atoms with van der Waals surface area (Å²) in [4.78, 5) is 13.9. The van der Waals surface area contributed by atoms with Crippen LogP contribution in [-0.4, -0.2) is 42.3 Å². The summed E-state index contributed by atoms with van der Waals surface area (Å²) in [6.45, 7) is 2.06. The highest BCUT2D eigenvalue weighted by Crippen LogP contribution is 2.47. The minimum absolute atomic E-state index is 0.171. The number of aryl methyl sites for hydroxylation is 1. The Hall–Kier alpha value is -3.71. The SMILES string of the molecule is O=C(O)c1ccc2c(c1)CCCC(c1ccc(C3CC3)cc1C(F)(F)F)=C2c1ccc(C=C2CN(CCCF)C2)cc1. The van der Waals surface area contributed by atoms with Gasteiger partial charge in [0.05, 0.1) is 17.8 Å². The Labute approximate surface area is 243 Å². The van der Waals surface area contributed by atoms with E-state index >= 15 is 0 Å². The van der Waals surface area contributed by atoms with E-state index in [1.54, 1.807) is 18.2 Å². The number of carboxylic acids is 1. The van der Waals surface area contributed by atoms with Gasteiger partial charge in [-0.2, -0.15) is 13.2 Å². The standard InChI is InChI=1S/C35H33F4NO2/c36-15-2-16-40-20-23(21-40)17-22-5-7-25(8-6-22)33-29-13-12-28(34(41)42)18-27(29)3-1-4-31(33)30-14-11-26(24-9-10-24)19-32(30)35(37,38)39/h5-8,11-14,17-19,24H,1-4,9-10,15-16,20-21H2,(H,41,42). The molecule has 1 heterocycles. The molecule has 7 heteroatoms. The molecule has 1 saturated heterocycles. The van der Waals surface area contributed by atoms with Crippen molar-refractivity contribution >= 4 is 23.2 Å². The second-order valence-electron chi connectivity index (χ2n) is 11.6. The molecule has 3 aliphatic rings. The number of hydrogen-bond donors (Lipinski definition) is 1. The number of likely N-dealkylation sites (tertiary alicyclic amines) is 1. The van der Waals surface area contributed by atoms with E-state index in [-0.39, 0.29) is 23.7 Å². The Bertz CT molecular complexity index is 1560. The summed E-state index contributed by atoms with van der Waals surface area (Å²) in [5.41, 5.74) is 6.54. The first-order valence-electron chi connectivity index (χ1n) is 14.6. The normalized spacial score (nSPS) is 17.5. The van der Waals surface area contributed by atoms with Gasteiger partial charge in [0, 0.05) is 19.6 Å². The number of hydrogen-bond acceptors (Lipinski definition) is 2. The van der Waals surface area contributed by atoms with Gasteiger partial charge in [0.15, 0.2) is 0 Å². The molecule has 0 amide bonds. The van der Waals surface area contributed by atoms with Crippen LogP contribution < -0.4 is 0 Å². The number of carbonyl (C=O) groups is 1. The van der Waals surface area contributed by atoms with Crippen LogP contribution in [0.4, 0.5) is 17.6 Å². The second kappa shape index (κ2) is 11.5. The molecule has 3 aromatic rings. The number of fused-ring (bicyclic) bond motifs is 1. The molecule has 3 aromatic carbocycles. The molecular weight excluding hydrogens is 542 g/mol. The summed E-state index contributed by atoms with van der Waals surface area (Å²) in [6.07, 6.45) is 1.62. The summed E-state index contributed by atoms with van der Waals surface area (Å²) in [5.74, 6) is -0.828. The largest absolute Gasteiger partial charge is 0.478 e. The molecule has 6 rings (SSSR count). The predicted molar refractivity (Wildman–Crippen MR) is 157 cm³/mol. The summed E-state index contributed by atoms with van der Waals surface area (Å²) in [5, 5.41) is 9.60. The minimum atomic E-state index is -4.50. The highest BCUT2D eigenvalue weighted by molar-refractivity contribution is 6.01. The third kappa shape index (κ3) is 5.93. The van der Waals surface area contributed by atoms with Crippen LogP contribution in [0.3, 0.4) is 0 Å². The van der Waals surface area contributed by atoms with Crippen LogP contribution in [0.5, 0.6) is 0 Å². The van der Waals surface area contributed by atoms with Crippen LogP contribution in [0, 0.1) is 0 Å². The number of alkyl halides is 4. The van der Waals surface area contributed by atoms with Crippen LogP contribution in [0.25, 0.3) is 17.2 Å². The zero-order valence-electron chi connectivity index (χ0n) is 23.3. The average Bonchev–Trinajstić information content (AvgIpc) is 3.80. The maximum atomic E-state index is 14.5. The topological polar surface area (TPSA) is 40.5 Å². The maximum absolute atomic E-state index is 14.5. The number of rotatable bonds is 8. The van der Waals surface area contributed by atoms with Crippen molar-refractivity contribution in [3.05, 3.63) is 111 Å². The van der Waals surface area contributed by atoms with Crippen LogP contribution in [0.1, 0.15) is 87.3 Å². The van der Waals surface area contributed by atoms with Gasteiger partial charge in [-0.05, 0) is 113 Å². The lowest BCUT2D eigenvalue weighted by Gasteiger charge is -2.33. The molecule has 0 unspecified atom stereocenters. The summed E-state index contributed by atoms with van der Waals surface area (Å²) < 4.78 is 56.1. The molecule has 0 aromatic heterocycles. The Morgan fingerprint density at radius 2 is 1.69 bits per heavy atom. The molecule has 2 fully saturated rings. The lowest BCUT2D eigenvalue weighted by atomic mass is 9.85. The van der Waals surface area contributed by atoms with Crippen LogP contribution in [0.15, 0.2) is 66.2 Å². The van der Waals surface area contributed by atoms with E-state index in [0.717, 1.165) is 65.9 Å². The second-order valence-corrected chi connectivity index (χ2v) is 11.6. The van der Waals surface area contributed by atoms with E-state index in [1.165, 1.54) is 17.7 Å². The third-order valence-corrected chi connectivity index (χ3v) is 8.55. The number of nitrogens with zero attached hydrogens (tertiary/aromatic N) is 1. The lowest BCUT2D eigenvalue weighted by molar-refractivity contribution is -0.137. The fourth-order valence-electron chi connectivity index (χ4n) is 6.29. The van der Waals surface area contributed by atoms with Gasteiger partial charge in [0.1, 0.15) is 0 Å². The molecule has 0 spiro atoms. The summed E-state index contributed by atoms with van der Waals surface area (Å²) in [6, 6.07) is 17.6. The summed E-state index contributed by atoms with van der Waals surface area (Å²) in [7, 11) is 0. The Balaban J connectivity index is 1.45. The van der Waals surface area contributed by atoms with Gasteiger partial charge in [0.25, 0.3) is 0 Å². The number of halogens is 4. The fourth-order valence-corrected chi connectivity index (χ4v) is 6.29. The van der Waals surface area contributed by atoms with Gasteiger partial charge in [-0.3, -0.25) is 9.29 Å². The molecule has 2 aliphatic carbocycles. The molecule has 1 N–H and O–H groups in total. The number of aromatic carboxylic acids is 1. The van der Waals surface area contributed by atoms with E-state index in [4.69, 9.17) is 0 Å². The Morgan fingerprint density at radius 1 is 0.952 bits per heavy atom. The van der Waals surface area contributed by atoms with Crippen molar-refractivity contribution in [1.29, 1.82) is 0 Å². The first-order valence-corrected chi connectivity index (χ1v) is 14.6. The van der Waals surface area contributed by atoms with Crippen molar-refractivity contribution in [1.82, 2.24) is 4.90 Å². The van der Waals surface area contributed by atoms with Crippen LogP contribution in [0.2, 0.25) is 0 Å². The van der Waals surface area contributed by atoms with E-state index in [2.05, 4.69) is 11.0 Å². The number of benzene rings is 3. The van der Waals surface area contributed by atoms with E-state index in [0.29, 0.717) is 31.3 Å². The molecule has 0 atom stereocenters. The van der Waals surface area contributed by atoms with Gasteiger partial charge < -0.3 is 5.11 Å². The van der Waals surface area contributed by atoms with E-state index < -0.39 is 17.7 Å². The van der Waals surface area contributed by atoms with E-state index in [9.17, 15) is 27.5 Å². The zero-order chi connectivity index (χ0) is 29.4.